The highest BCUT2D eigenvalue weighted by atomic mass is 35.5. The van der Waals surface area contributed by atoms with E-state index in [0.717, 1.165) is 32.0 Å². The van der Waals surface area contributed by atoms with Crippen LogP contribution >= 0.6 is 12.4 Å². The smallest absolute Gasteiger partial charge is 0.136 e. The molecule has 1 saturated heterocycles. The van der Waals surface area contributed by atoms with E-state index in [9.17, 15) is 0 Å². The Bertz CT molecular complexity index is 941. The van der Waals surface area contributed by atoms with Crippen molar-refractivity contribution in [3.8, 4) is 0 Å². The van der Waals surface area contributed by atoms with E-state index in [2.05, 4.69) is 92.1 Å². The van der Waals surface area contributed by atoms with Crippen molar-refractivity contribution in [1.29, 1.82) is 0 Å². The molecule has 29 heavy (non-hydrogen) atoms. The lowest BCUT2D eigenvalue weighted by atomic mass is 9.86. The van der Waals surface area contributed by atoms with E-state index in [-0.39, 0.29) is 17.8 Å². The first kappa shape index (κ1) is 21.6. The molecular weight excluding hydrogens is 378 g/mol. The fourth-order valence-electron chi connectivity index (χ4n) is 4.12. The van der Waals surface area contributed by atoms with E-state index in [4.69, 9.17) is 4.98 Å². The fourth-order valence-corrected chi connectivity index (χ4v) is 4.12. The normalized spacial score (nSPS) is 17.9. The Morgan fingerprint density at radius 2 is 1.69 bits per heavy atom. The summed E-state index contributed by atoms with van der Waals surface area (Å²) in [5.41, 5.74) is 3.01. The number of halogens is 1. The van der Waals surface area contributed by atoms with Crippen LogP contribution in [0.15, 0.2) is 60.8 Å². The third-order valence-corrected chi connectivity index (χ3v) is 5.92. The summed E-state index contributed by atoms with van der Waals surface area (Å²) < 4.78 is 0. The summed E-state index contributed by atoms with van der Waals surface area (Å²) in [5, 5.41) is 2.52. The van der Waals surface area contributed by atoms with Gasteiger partial charge in [-0.05, 0) is 34.9 Å². The molecule has 1 fully saturated rings. The second-order valence-corrected chi connectivity index (χ2v) is 9.07. The molecule has 0 saturated carbocycles. The highest BCUT2D eigenvalue weighted by Gasteiger charge is 2.25. The van der Waals surface area contributed by atoms with Crippen molar-refractivity contribution < 1.29 is 0 Å². The van der Waals surface area contributed by atoms with E-state index in [1.807, 2.05) is 6.20 Å². The van der Waals surface area contributed by atoms with Gasteiger partial charge in [0, 0.05) is 43.8 Å². The lowest BCUT2D eigenvalue weighted by Gasteiger charge is -2.40. The van der Waals surface area contributed by atoms with Gasteiger partial charge in [0.2, 0.25) is 0 Å². The van der Waals surface area contributed by atoms with Crippen LogP contribution in [0.5, 0.6) is 0 Å². The summed E-state index contributed by atoms with van der Waals surface area (Å²) in [5.74, 6) is 1.12. The summed E-state index contributed by atoms with van der Waals surface area (Å²) in [6.45, 7) is 13.3. The van der Waals surface area contributed by atoms with Gasteiger partial charge >= 0.3 is 0 Å². The monoisotopic (exact) mass is 409 g/mol. The molecule has 3 aromatic rings. The van der Waals surface area contributed by atoms with Crippen molar-refractivity contribution >= 4 is 29.0 Å². The minimum atomic E-state index is 0. The number of benzene rings is 2. The maximum Gasteiger partial charge on any atom is 0.136 e. The van der Waals surface area contributed by atoms with Crippen molar-refractivity contribution in [2.24, 2.45) is 0 Å². The molecule has 0 bridgehead atoms. The molecule has 1 aliphatic rings. The number of aromatic nitrogens is 1. The van der Waals surface area contributed by atoms with E-state index in [1.54, 1.807) is 0 Å². The molecule has 1 aliphatic heterocycles. The lowest BCUT2D eigenvalue weighted by molar-refractivity contribution is 0.180. The Hall–Kier alpha value is -2.10. The van der Waals surface area contributed by atoms with Gasteiger partial charge in [0.15, 0.2) is 0 Å². The Morgan fingerprint density at radius 1 is 0.966 bits per heavy atom. The molecular formula is C25H32ClN3. The molecule has 0 spiro atoms. The van der Waals surface area contributed by atoms with Gasteiger partial charge in [0.1, 0.15) is 5.82 Å². The molecule has 3 nitrogen and oxygen atoms in total. The van der Waals surface area contributed by atoms with Gasteiger partial charge in [0.05, 0.1) is 0 Å². The topological polar surface area (TPSA) is 19.4 Å². The van der Waals surface area contributed by atoms with Gasteiger partial charge in [-0.15, -0.1) is 12.4 Å². The van der Waals surface area contributed by atoms with Crippen LogP contribution in [0, 0.1) is 0 Å². The van der Waals surface area contributed by atoms with Crippen LogP contribution in [0.2, 0.25) is 0 Å². The summed E-state index contributed by atoms with van der Waals surface area (Å²) in [6.07, 6.45) is 1.94. The quantitative estimate of drug-likeness (QED) is 0.556. The van der Waals surface area contributed by atoms with Crippen LogP contribution in [0.4, 0.5) is 5.82 Å². The number of anilines is 1. The van der Waals surface area contributed by atoms with Gasteiger partial charge in [-0.25, -0.2) is 4.98 Å². The molecule has 1 atom stereocenters. The number of fused-ring (bicyclic) bond motifs is 1. The third kappa shape index (κ3) is 4.73. The molecule has 1 aromatic heterocycles. The molecule has 0 aliphatic carbocycles. The van der Waals surface area contributed by atoms with E-state index in [0.29, 0.717) is 6.04 Å². The lowest BCUT2D eigenvalue weighted by Crippen LogP contribution is -2.51. The Balaban J connectivity index is 0.00000240. The second-order valence-electron chi connectivity index (χ2n) is 9.07. The third-order valence-electron chi connectivity index (χ3n) is 5.92. The average molecular weight is 410 g/mol. The minimum absolute atomic E-state index is 0. The molecule has 0 unspecified atom stereocenters. The molecule has 4 heteroatoms. The first-order valence-corrected chi connectivity index (χ1v) is 10.3. The number of pyridine rings is 1. The average Bonchev–Trinajstić information content (AvgIpc) is 2.69. The molecule has 2 heterocycles. The minimum Gasteiger partial charge on any atom is -0.353 e. The first-order chi connectivity index (χ1) is 13.4. The zero-order valence-corrected chi connectivity index (χ0v) is 18.7. The van der Waals surface area contributed by atoms with Gasteiger partial charge in [-0.3, -0.25) is 4.90 Å². The Labute approximate surface area is 181 Å². The van der Waals surface area contributed by atoms with Gasteiger partial charge < -0.3 is 4.90 Å². The van der Waals surface area contributed by atoms with Gasteiger partial charge in [-0.2, -0.15) is 0 Å². The van der Waals surface area contributed by atoms with Crippen LogP contribution in [-0.2, 0) is 12.0 Å². The molecule has 0 radical (unpaired) electrons. The summed E-state index contributed by atoms with van der Waals surface area (Å²) in [6, 6.07) is 20.3. The number of nitrogens with zero attached hydrogens (tertiary/aromatic N) is 3. The van der Waals surface area contributed by atoms with Crippen LogP contribution < -0.4 is 4.90 Å². The van der Waals surface area contributed by atoms with Crippen molar-refractivity contribution in [2.75, 3.05) is 24.5 Å². The van der Waals surface area contributed by atoms with Crippen molar-refractivity contribution in [2.45, 2.75) is 45.7 Å². The predicted molar refractivity (Wildman–Crippen MR) is 126 cm³/mol. The van der Waals surface area contributed by atoms with Gasteiger partial charge in [-0.1, -0.05) is 69.3 Å². The number of hydrogen-bond acceptors (Lipinski definition) is 3. The van der Waals surface area contributed by atoms with Crippen molar-refractivity contribution in [3.05, 3.63) is 71.9 Å². The number of rotatable bonds is 3. The van der Waals surface area contributed by atoms with Crippen molar-refractivity contribution in [1.82, 2.24) is 9.88 Å². The first-order valence-electron chi connectivity index (χ1n) is 10.3. The van der Waals surface area contributed by atoms with Crippen LogP contribution in [0.25, 0.3) is 10.8 Å². The fraction of sp³-hybridized carbons (Fsp3) is 0.400. The zero-order valence-electron chi connectivity index (χ0n) is 17.9. The highest BCUT2D eigenvalue weighted by Crippen LogP contribution is 2.27. The molecule has 0 N–H and O–H groups in total. The van der Waals surface area contributed by atoms with Crippen LogP contribution in [0.3, 0.4) is 0 Å². The molecule has 2 aromatic carbocycles. The number of hydrogen-bond donors (Lipinski definition) is 0. The van der Waals surface area contributed by atoms with Crippen LogP contribution in [0.1, 0.15) is 38.8 Å². The molecule has 0 amide bonds. The maximum absolute atomic E-state index is 4.71. The van der Waals surface area contributed by atoms with Crippen molar-refractivity contribution in [3.63, 3.8) is 0 Å². The largest absolute Gasteiger partial charge is 0.353 e. The molecule has 154 valence electrons. The Morgan fingerprint density at radius 3 is 2.38 bits per heavy atom. The van der Waals surface area contributed by atoms with Crippen LogP contribution in [-0.4, -0.2) is 35.6 Å². The SMILES string of the molecule is C[C@@H]1CN(c2nccc3ccccc23)CCN1Cc1ccc(C(C)(C)C)cc1.Cl. The zero-order chi connectivity index (χ0) is 19.7. The predicted octanol–water partition coefficient (Wildman–Crippen LogP) is 5.66. The standard InChI is InChI=1S/C25H31N3.ClH/c1-19-17-28(24-23-8-6-5-7-21(23)13-14-26-24)16-15-27(19)18-20-9-11-22(12-10-20)25(2,3)4;/h5-14,19H,15-18H2,1-4H3;1H/t19-;/m1./s1. The maximum atomic E-state index is 4.71. The second kappa shape index (κ2) is 8.73. The summed E-state index contributed by atoms with van der Waals surface area (Å²) in [7, 11) is 0. The highest BCUT2D eigenvalue weighted by molar-refractivity contribution is 5.92. The molecule has 4 rings (SSSR count). The van der Waals surface area contributed by atoms with E-state index < -0.39 is 0 Å². The van der Waals surface area contributed by atoms with E-state index >= 15 is 0 Å². The van der Waals surface area contributed by atoms with E-state index in [1.165, 1.54) is 21.9 Å². The Kier molecular flexibility index (Phi) is 6.50. The summed E-state index contributed by atoms with van der Waals surface area (Å²) >= 11 is 0. The number of piperazine rings is 1. The summed E-state index contributed by atoms with van der Waals surface area (Å²) in [4.78, 5) is 9.76. The van der Waals surface area contributed by atoms with Gasteiger partial charge in [0.25, 0.3) is 0 Å².